The van der Waals surface area contributed by atoms with E-state index >= 15 is 0 Å². The normalized spacial score (nSPS) is 21.7. The highest BCUT2D eigenvalue weighted by atomic mass is 35.5. The number of nitrogens with two attached hydrogens (primary N) is 2. The third-order valence-electron chi connectivity index (χ3n) is 5.94. The number of halogens is 1. The lowest BCUT2D eigenvalue weighted by Gasteiger charge is -2.40. The number of hydrogen-bond acceptors (Lipinski definition) is 7. The lowest BCUT2D eigenvalue weighted by molar-refractivity contribution is 0.218. The molecule has 6 nitrogen and oxygen atoms in total. The van der Waals surface area contributed by atoms with Crippen LogP contribution in [0.1, 0.15) is 39.0 Å². The second-order valence-corrected chi connectivity index (χ2v) is 9.27. The van der Waals surface area contributed by atoms with Gasteiger partial charge in [-0.3, -0.25) is 0 Å². The van der Waals surface area contributed by atoms with Gasteiger partial charge in [0.15, 0.2) is 5.82 Å². The van der Waals surface area contributed by atoms with Gasteiger partial charge in [0.2, 0.25) is 0 Å². The second-order valence-electron chi connectivity index (χ2n) is 7.86. The average molecular weight is 405 g/mol. The van der Waals surface area contributed by atoms with Crippen molar-refractivity contribution in [3.05, 3.63) is 23.5 Å². The molecular formula is C19H25ClN6S. The highest BCUT2D eigenvalue weighted by Gasteiger charge is 2.40. The molecule has 2 aromatic rings. The smallest absolute Gasteiger partial charge is 0.158 e. The molecule has 8 heteroatoms. The Balaban J connectivity index is 1.45. The molecule has 1 saturated carbocycles. The van der Waals surface area contributed by atoms with E-state index < -0.39 is 0 Å². The maximum atomic E-state index is 6.21. The number of hydrogen-bond donors (Lipinski definition) is 2. The van der Waals surface area contributed by atoms with Gasteiger partial charge in [-0.25, -0.2) is 15.0 Å². The SMILES string of the molecule is CC1CCC2(CCN(c3cnc(Sc4ccnc(N)c4Cl)c(N)n3)CC2)C1. The van der Waals surface area contributed by atoms with Gasteiger partial charge in [0.25, 0.3) is 0 Å². The highest BCUT2D eigenvalue weighted by Crippen LogP contribution is 2.49. The van der Waals surface area contributed by atoms with Gasteiger partial charge in [-0.1, -0.05) is 36.7 Å². The van der Waals surface area contributed by atoms with E-state index in [2.05, 4.69) is 26.8 Å². The summed E-state index contributed by atoms with van der Waals surface area (Å²) >= 11 is 7.57. The summed E-state index contributed by atoms with van der Waals surface area (Å²) in [5, 5.41) is 1.05. The standard InChI is InChI=1S/C19H25ClN6S/c1-12-2-4-19(10-12)5-8-26(9-6-19)14-11-24-18(17(22)25-14)27-13-3-7-23-16(21)15(13)20/h3,7,11-12H,2,4-6,8-10H2,1H3,(H2,21,23)(H2,22,25). The van der Waals surface area contributed by atoms with E-state index in [9.17, 15) is 0 Å². The van der Waals surface area contributed by atoms with E-state index in [0.29, 0.717) is 27.1 Å². The Hall–Kier alpha value is -1.73. The summed E-state index contributed by atoms with van der Waals surface area (Å²) in [6, 6.07) is 1.80. The van der Waals surface area contributed by atoms with Crippen LogP contribution in [0, 0.1) is 11.3 Å². The van der Waals surface area contributed by atoms with Crippen LogP contribution in [0.5, 0.6) is 0 Å². The molecular weight excluding hydrogens is 380 g/mol. The summed E-state index contributed by atoms with van der Waals surface area (Å²) in [6.45, 7) is 4.44. The molecule has 3 heterocycles. The summed E-state index contributed by atoms with van der Waals surface area (Å²) < 4.78 is 0. The second kappa shape index (κ2) is 7.36. The molecule has 1 spiro atoms. The van der Waals surface area contributed by atoms with Gasteiger partial charge in [0.05, 0.1) is 11.2 Å². The Morgan fingerprint density at radius 3 is 2.63 bits per heavy atom. The molecule has 144 valence electrons. The van der Waals surface area contributed by atoms with Crippen molar-refractivity contribution in [2.24, 2.45) is 11.3 Å². The predicted octanol–water partition coefficient (Wildman–Crippen LogP) is 4.25. The molecule has 1 atom stereocenters. The monoisotopic (exact) mass is 404 g/mol. The summed E-state index contributed by atoms with van der Waals surface area (Å²) in [5.41, 5.74) is 12.5. The van der Waals surface area contributed by atoms with Gasteiger partial charge < -0.3 is 16.4 Å². The van der Waals surface area contributed by atoms with Crippen molar-refractivity contribution in [2.75, 3.05) is 29.5 Å². The largest absolute Gasteiger partial charge is 0.382 e. The van der Waals surface area contributed by atoms with Gasteiger partial charge in [-0.15, -0.1) is 0 Å². The number of pyridine rings is 1. The molecule has 1 saturated heterocycles. The zero-order valence-electron chi connectivity index (χ0n) is 15.5. The van der Waals surface area contributed by atoms with Gasteiger partial charge in [0, 0.05) is 24.2 Å². The molecule has 0 radical (unpaired) electrons. The molecule has 4 rings (SSSR count). The Morgan fingerprint density at radius 1 is 1.19 bits per heavy atom. The topological polar surface area (TPSA) is 94.0 Å². The van der Waals surface area contributed by atoms with Crippen LogP contribution in [0.2, 0.25) is 5.02 Å². The maximum absolute atomic E-state index is 6.21. The van der Waals surface area contributed by atoms with Crippen LogP contribution in [0.3, 0.4) is 0 Å². The van der Waals surface area contributed by atoms with E-state index in [1.807, 2.05) is 6.20 Å². The van der Waals surface area contributed by atoms with Crippen molar-refractivity contribution in [3.63, 3.8) is 0 Å². The zero-order valence-corrected chi connectivity index (χ0v) is 17.1. The van der Waals surface area contributed by atoms with Crippen LogP contribution < -0.4 is 16.4 Å². The molecule has 0 aromatic carbocycles. The Morgan fingerprint density at radius 2 is 1.96 bits per heavy atom. The van der Waals surface area contributed by atoms with Gasteiger partial charge in [0.1, 0.15) is 16.7 Å². The number of anilines is 3. The van der Waals surface area contributed by atoms with Crippen molar-refractivity contribution in [1.29, 1.82) is 0 Å². The summed E-state index contributed by atoms with van der Waals surface area (Å²) in [5.74, 6) is 2.45. The Kier molecular flexibility index (Phi) is 5.07. The maximum Gasteiger partial charge on any atom is 0.158 e. The lowest BCUT2D eigenvalue weighted by atomic mass is 9.76. The van der Waals surface area contributed by atoms with Gasteiger partial charge in [-0.05, 0) is 43.1 Å². The van der Waals surface area contributed by atoms with Crippen molar-refractivity contribution in [3.8, 4) is 0 Å². The minimum atomic E-state index is 0.299. The fraction of sp³-hybridized carbons (Fsp3) is 0.526. The van der Waals surface area contributed by atoms with Crippen molar-refractivity contribution in [2.45, 2.75) is 48.9 Å². The first-order valence-corrected chi connectivity index (χ1v) is 10.6. The van der Waals surface area contributed by atoms with Crippen LogP contribution in [-0.4, -0.2) is 28.0 Å². The number of aromatic nitrogens is 3. The van der Waals surface area contributed by atoms with E-state index in [0.717, 1.165) is 29.7 Å². The lowest BCUT2D eigenvalue weighted by Crippen LogP contribution is -2.39. The third-order valence-corrected chi connectivity index (χ3v) is 7.51. The van der Waals surface area contributed by atoms with E-state index in [1.165, 1.54) is 43.9 Å². The van der Waals surface area contributed by atoms with E-state index in [1.54, 1.807) is 12.3 Å². The predicted molar refractivity (Wildman–Crippen MR) is 111 cm³/mol. The van der Waals surface area contributed by atoms with E-state index in [4.69, 9.17) is 23.1 Å². The van der Waals surface area contributed by atoms with Crippen LogP contribution >= 0.6 is 23.4 Å². The zero-order chi connectivity index (χ0) is 19.0. The van der Waals surface area contributed by atoms with Gasteiger partial charge >= 0.3 is 0 Å². The summed E-state index contributed by atoms with van der Waals surface area (Å²) in [7, 11) is 0. The van der Waals surface area contributed by atoms with Crippen molar-refractivity contribution in [1.82, 2.24) is 15.0 Å². The first kappa shape index (κ1) is 18.6. The van der Waals surface area contributed by atoms with Gasteiger partial charge in [-0.2, -0.15) is 0 Å². The fourth-order valence-corrected chi connectivity index (χ4v) is 5.41. The summed E-state index contributed by atoms with van der Waals surface area (Å²) in [6.07, 6.45) is 10.0. The molecule has 0 amide bonds. The molecule has 2 aromatic heterocycles. The molecule has 2 fully saturated rings. The Bertz CT molecular complexity index is 837. The number of piperidine rings is 1. The summed E-state index contributed by atoms with van der Waals surface area (Å²) in [4.78, 5) is 16.2. The number of nitrogens with zero attached hydrogens (tertiary/aromatic N) is 4. The molecule has 4 N–H and O–H groups in total. The number of nitrogen functional groups attached to an aromatic ring is 2. The fourth-order valence-electron chi connectivity index (χ4n) is 4.40. The van der Waals surface area contributed by atoms with Crippen LogP contribution in [0.15, 0.2) is 28.4 Å². The molecule has 1 unspecified atom stereocenters. The van der Waals surface area contributed by atoms with Crippen LogP contribution in [0.25, 0.3) is 0 Å². The first-order valence-electron chi connectivity index (χ1n) is 9.41. The molecule has 27 heavy (non-hydrogen) atoms. The van der Waals surface area contributed by atoms with Crippen molar-refractivity contribution >= 4 is 40.8 Å². The first-order chi connectivity index (χ1) is 13.0. The third kappa shape index (κ3) is 3.80. The minimum Gasteiger partial charge on any atom is -0.382 e. The molecule has 2 aliphatic rings. The van der Waals surface area contributed by atoms with Crippen LogP contribution in [0.4, 0.5) is 17.5 Å². The minimum absolute atomic E-state index is 0.299. The highest BCUT2D eigenvalue weighted by molar-refractivity contribution is 7.99. The van der Waals surface area contributed by atoms with Crippen molar-refractivity contribution < 1.29 is 0 Å². The molecule has 0 bridgehead atoms. The van der Waals surface area contributed by atoms with E-state index in [-0.39, 0.29) is 0 Å². The molecule has 1 aliphatic heterocycles. The Labute approximate surface area is 169 Å². The number of rotatable bonds is 3. The quantitative estimate of drug-likeness (QED) is 0.789. The average Bonchev–Trinajstić information content (AvgIpc) is 3.01. The van der Waals surface area contributed by atoms with Crippen LogP contribution in [-0.2, 0) is 0 Å². The molecule has 1 aliphatic carbocycles.